The fraction of sp³-hybridized carbons (Fsp3) is 0.320. The van der Waals surface area contributed by atoms with Crippen LogP contribution >= 0.6 is 0 Å². The van der Waals surface area contributed by atoms with E-state index in [-0.39, 0.29) is 11.8 Å². The number of nitrogens with zero attached hydrogens (tertiary/aromatic N) is 4. The number of hydrogen-bond donors (Lipinski definition) is 1. The molecule has 0 atom stereocenters. The molecule has 0 radical (unpaired) electrons. The van der Waals surface area contributed by atoms with Crippen LogP contribution in [-0.2, 0) is 11.2 Å². The first-order valence-electron chi connectivity index (χ1n) is 11.1. The van der Waals surface area contributed by atoms with Crippen molar-refractivity contribution in [3.8, 4) is 5.69 Å². The number of hydrogen-bond acceptors (Lipinski definition) is 4. The highest BCUT2D eigenvalue weighted by Crippen LogP contribution is 2.19. The fourth-order valence-corrected chi connectivity index (χ4v) is 4.01. The predicted octanol–water partition coefficient (Wildman–Crippen LogP) is 3.14. The van der Waals surface area contributed by atoms with E-state index >= 15 is 0 Å². The molecule has 166 valence electrons. The van der Waals surface area contributed by atoms with Crippen LogP contribution in [0.25, 0.3) is 5.69 Å². The molecule has 2 amide bonds. The van der Waals surface area contributed by atoms with Crippen molar-refractivity contribution in [3.05, 3.63) is 77.6 Å². The van der Waals surface area contributed by atoms with E-state index < -0.39 is 0 Å². The number of para-hydroxylation sites is 1. The van der Waals surface area contributed by atoms with Gasteiger partial charge in [-0.05, 0) is 37.6 Å². The maximum Gasteiger partial charge on any atom is 0.257 e. The average Bonchev–Trinajstić information content (AvgIpc) is 3.24. The van der Waals surface area contributed by atoms with E-state index in [4.69, 9.17) is 0 Å². The molecule has 1 aliphatic rings. The van der Waals surface area contributed by atoms with Gasteiger partial charge in [0, 0.05) is 31.9 Å². The van der Waals surface area contributed by atoms with E-state index in [1.807, 2.05) is 78.0 Å². The zero-order valence-corrected chi connectivity index (χ0v) is 18.6. The molecule has 3 aromatic rings. The summed E-state index contributed by atoms with van der Waals surface area (Å²) in [5.74, 6) is -0.0304. The van der Waals surface area contributed by atoms with E-state index in [9.17, 15) is 9.59 Å². The second-order valence-corrected chi connectivity index (χ2v) is 8.09. The first kappa shape index (κ1) is 21.8. The Bertz CT molecular complexity index is 1070. The molecule has 1 saturated heterocycles. The molecule has 0 aliphatic carbocycles. The van der Waals surface area contributed by atoms with Crippen LogP contribution in [0.4, 0.5) is 5.69 Å². The van der Waals surface area contributed by atoms with Crippen LogP contribution in [0.5, 0.6) is 0 Å². The van der Waals surface area contributed by atoms with Gasteiger partial charge in [0.25, 0.3) is 5.91 Å². The first-order valence-corrected chi connectivity index (χ1v) is 11.1. The molecule has 4 rings (SSSR count). The largest absolute Gasteiger partial charge is 0.336 e. The van der Waals surface area contributed by atoms with E-state index in [1.165, 1.54) is 5.56 Å². The highest BCUT2D eigenvalue weighted by Gasteiger charge is 2.26. The normalized spacial score (nSPS) is 14.4. The number of carbonyl (C=O) groups excluding carboxylic acids is 2. The third-order valence-corrected chi connectivity index (χ3v) is 5.80. The third kappa shape index (κ3) is 4.89. The van der Waals surface area contributed by atoms with Crippen molar-refractivity contribution in [3.63, 3.8) is 0 Å². The van der Waals surface area contributed by atoms with Crippen LogP contribution in [0.2, 0.25) is 0 Å². The minimum Gasteiger partial charge on any atom is -0.336 e. The Morgan fingerprint density at radius 3 is 2.31 bits per heavy atom. The van der Waals surface area contributed by atoms with Gasteiger partial charge in [-0.3, -0.25) is 14.5 Å². The molecule has 7 heteroatoms. The fourth-order valence-electron chi connectivity index (χ4n) is 4.01. The van der Waals surface area contributed by atoms with Crippen LogP contribution in [-0.4, -0.2) is 64.1 Å². The van der Waals surface area contributed by atoms with Gasteiger partial charge in [0.15, 0.2) is 0 Å². The van der Waals surface area contributed by atoms with E-state index in [1.54, 1.807) is 6.20 Å². The molecular weight excluding hydrogens is 402 g/mol. The summed E-state index contributed by atoms with van der Waals surface area (Å²) in [5, 5.41) is 7.42. The van der Waals surface area contributed by atoms with Crippen molar-refractivity contribution in [2.24, 2.45) is 0 Å². The van der Waals surface area contributed by atoms with Gasteiger partial charge in [-0.25, -0.2) is 4.68 Å². The topological polar surface area (TPSA) is 70.5 Å². The Kier molecular flexibility index (Phi) is 6.66. The Balaban J connectivity index is 1.36. The molecule has 0 unspecified atom stereocenters. The molecular formula is C25H29N5O2. The summed E-state index contributed by atoms with van der Waals surface area (Å²) in [6.45, 7) is 6.94. The number of amides is 2. The first-order chi connectivity index (χ1) is 15.5. The van der Waals surface area contributed by atoms with Gasteiger partial charge >= 0.3 is 0 Å². The second-order valence-electron chi connectivity index (χ2n) is 8.09. The predicted molar refractivity (Wildman–Crippen MR) is 125 cm³/mol. The van der Waals surface area contributed by atoms with Crippen LogP contribution in [0.1, 0.15) is 28.5 Å². The minimum absolute atomic E-state index is 0.00796. The van der Waals surface area contributed by atoms with Gasteiger partial charge in [-0.1, -0.05) is 42.8 Å². The number of aryl methyl sites for hydroxylation is 1. The molecule has 2 heterocycles. The average molecular weight is 432 g/mol. The quantitative estimate of drug-likeness (QED) is 0.651. The molecule has 7 nitrogen and oxygen atoms in total. The summed E-state index contributed by atoms with van der Waals surface area (Å²) in [6.07, 6.45) is 2.40. The molecule has 1 aromatic heterocycles. The van der Waals surface area contributed by atoms with Crippen LogP contribution < -0.4 is 5.32 Å². The molecule has 2 aromatic carbocycles. The number of piperazine rings is 1. The van der Waals surface area contributed by atoms with Crippen molar-refractivity contribution in [2.75, 3.05) is 38.0 Å². The van der Waals surface area contributed by atoms with Crippen molar-refractivity contribution >= 4 is 17.5 Å². The van der Waals surface area contributed by atoms with E-state index in [2.05, 4.69) is 15.3 Å². The maximum atomic E-state index is 13.2. The second kappa shape index (κ2) is 9.78. The van der Waals surface area contributed by atoms with Crippen molar-refractivity contribution in [1.82, 2.24) is 19.6 Å². The summed E-state index contributed by atoms with van der Waals surface area (Å²) in [7, 11) is 0. The smallest absolute Gasteiger partial charge is 0.257 e. The van der Waals surface area contributed by atoms with Crippen molar-refractivity contribution in [2.45, 2.75) is 20.3 Å². The maximum absolute atomic E-state index is 13.2. The van der Waals surface area contributed by atoms with Gasteiger partial charge < -0.3 is 10.2 Å². The number of anilines is 1. The number of aromatic nitrogens is 2. The number of rotatable bonds is 6. The Labute approximate surface area is 188 Å². The lowest BCUT2D eigenvalue weighted by Crippen LogP contribution is -2.50. The van der Waals surface area contributed by atoms with Crippen LogP contribution in [0.3, 0.4) is 0 Å². The Hall–Kier alpha value is -3.45. The van der Waals surface area contributed by atoms with Gasteiger partial charge in [0.2, 0.25) is 5.91 Å². The monoisotopic (exact) mass is 431 g/mol. The third-order valence-electron chi connectivity index (χ3n) is 5.80. The number of carbonyl (C=O) groups is 2. The number of nitrogens with one attached hydrogen (secondary N) is 1. The minimum atomic E-state index is -0.0383. The van der Waals surface area contributed by atoms with E-state index in [0.717, 1.165) is 17.1 Å². The summed E-state index contributed by atoms with van der Waals surface area (Å²) >= 11 is 0. The summed E-state index contributed by atoms with van der Waals surface area (Å²) in [4.78, 5) is 29.5. The summed E-state index contributed by atoms with van der Waals surface area (Å²) in [6, 6.07) is 17.6. The summed E-state index contributed by atoms with van der Waals surface area (Å²) in [5.41, 5.74) is 4.52. The van der Waals surface area contributed by atoms with Gasteiger partial charge in [0.05, 0.1) is 29.7 Å². The summed E-state index contributed by atoms with van der Waals surface area (Å²) < 4.78 is 1.86. The van der Waals surface area contributed by atoms with Crippen molar-refractivity contribution in [1.29, 1.82) is 0 Å². The molecule has 0 saturated carbocycles. The van der Waals surface area contributed by atoms with Crippen LogP contribution in [0.15, 0.2) is 60.8 Å². The van der Waals surface area contributed by atoms with Gasteiger partial charge in [-0.2, -0.15) is 5.10 Å². The van der Waals surface area contributed by atoms with Crippen molar-refractivity contribution < 1.29 is 9.59 Å². The molecule has 0 spiro atoms. The highest BCUT2D eigenvalue weighted by molar-refractivity contribution is 5.95. The molecule has 32 heavy (non-hydrogen) atoms. The SMILES string of the molecule is CCc1c(C(=O)N2CCN(CC(=O)Nc3ccccc3)CC2)cnn1-c1ccc(C)cc1. The van der Waals surface area contributed by atoms with Gasteiger partial charge in [-0.15, -0.1) is 0 Å². The zero-order valence-electron chi connectivity index (χ0n) is 18.6. The lowest BCUT2D eigenvalue weighted by atomic mass is 10.1. The molecule has 1 fully saturated rings. The molecule has 1 N–H and O–H groups in total. The van der Waals surface area contributed by atoms with Gasteiger partial charge in [0.1, 0.15) is 0 Å². The number of benzene rings is 2. The Morgan fingerprint density at radius 2 is 1.66 bits per heavy atom. The van der Waals surface area contributed by atoms with Crippen LogP contribution in [0, 0.1) is 6.92 Å². The highest BCUT2D eigenvalue weighted by atomic mass is 16.2. The lowest BCUT2D eigenvalue weighted by Gasteiger charge is -2.34. The molecule has 1 aliphatic heterocycles. The molecule has 0 bridgehead atoms. The zero-order chi connectivity index (χ0) is 22.5. The van der Waals surface area contributed by atoms with E-state index in [0.29, 0.717) is 44.7 Å². The lowest BCUT2D eigenvalue weighted by molar-refractivity contribution is -0.117. The Morgan fingerprint density at radius 1 is 0.969 bits per heavy atom. The standard InChI is InChI=1S/C25H29N5O2/c1-3-23-22(17-26-30(23)21-11-9-19(2)10-12-21)25(32)29-15-13-28(14-16-29)18-24(31)27-20-7-5-4-6-8-20/h4-12,17H,3,13-16,18H2,1-2H3,(H,27,31).